The summed E-state index contributed by atoms with van der Waals surface area (Å²) in [6, 6.07) is 14.2. The van der Waals surface area contributed by atoms with Crippen LogP contribution in [0.1, 0.15) is 10.6 Å². The number of nitrogens with one attached hydrogen (secondary N) is 1. The van der Waals surface area contributed by atoms with E-state index >= 15 is 0 Å². The van der Waals surface area contributed by atoms with Gasteiger partial charge in [-0.25, -0.2) is 4.98 Å². The summed E-state index contributed by atoms with van der Waals surface area (Å²) in [7, 11) is 0. The Morgan fingerprint density at radius 2 is 1.88 bits per heavy atom. The number of thiazole rings is 1. The van der Waals surface area contributed by atoms with Crippen LogP contribution < -0.4 is 5.32 Å². The minimum Gasteiger partial charge on any atom is -0.379 e. The van der Waals surface area contributed by atoms with Crippen molar-refractivity contribution in [2.75, 3.05) is 31.6 Å². The molecule has 1 aliphatic rings. The van der Waals surface area contributed by atoms with Crippen molar-refractivity contribution in [1.82, 2.24) is 20.1 Å². The molecule has 26 heavy (non-hydrogen) atoms. The number of anilines is 2. The molecule has 7 heteroatoms. The summed E-state index contributed by atoms with van der Waals surface area (Å²) in [6.45, 7) is 6.31. The Kier molecular flexibility index (Phi) is 5.19. The molecule has 0 unspecified atom stereocenters. The number of nitrogens with zero attached hydrogens (tertiary/aromatic N) is 4. The van der Waals surface area contributed by atoms with Crippen molar-refractivity contribution >= 4 is 22.3 Å². The highest BCUT2D eigenvalue weighted by atomic mass is 32.1. The molecule has 1 saturated heterocycles. The van der Waals surface area contributed by atoms with Crippen LogP contribution in [0.5, 0.6) is 0 Å². The van der Waals surface area contributed by atoms with Crippen molar-refractivity contribution in [2.45, 2.75) is 13.5 Å². The second-order valence-corrected chi connectivity index (χ2v) is 7.31. The second kappa shape index (κ2) is 7.90. The van der Waals surface area contributed by atoms with E-state index in [1.165, 1.54) is 4.88 Å². The summed E-state index contributed by atoms with van der Waals surface area (Å²) in [5.74, 6) is 0.710. The van der Waals surface area contributed by atoms with E-state index in [1.807, 2.05) is 37.3 Å². The molecule has 3 aromatic rings. The van der Waals surface area contributed by atoms with Crippen LogP contribution in [0.3, 0.4) is 0 Å². The number of morpholine rings is 1. The molecule has 0 saturated carbocycles. The molecule has 0 atom stereocenters. The molecule has 3 heterocycles. The van der Waals surface area contributed by atoms with Gasteiger partial charge in [-0.2, -0.15) is 5.10 Å². The van der Waals surface area contributed by atoms with Gasteiger partial charge in [-0.05, 0) is 19.1 Å². The number of hydrogen-bond acceptors (Lipinski definition) is 7. The molecular formula is C19H21N5OS. The molecule has 0 spiro atoms. The van der Waals surface area contributed by atoms with E-state index in [2.05, 4.69) is 32.5 Å². The summed E-state index contributed by atoms with van der Waals surface area (Å²) < 4.78 is 5.46. The maximum absolute atomic E-state index is 5.46. The maximum Gasteiger partial charge on any atom is 0.189 e. The Labute approximate surface area is 156 Å². The highest BCUT2D eigenvalue weighted by Crippen LogP contribution is 2.33. The molecule has 4 rings (SSSR count). The van der Waals surface area contributed by atoms with E-state index in [0.717, 1.165) is 54.9 Å². The van der Waals surface area contributed by atoms with Gasteiger partial charge in [-0.15, -0.1) is 5.10 Å². The van der Waals surface area contributed by atoms with E-state index in [4.69, 9.17) is 9.72 Å². The van der Waals surface area contributed by atoms with Crippen LogP contribution in [0.25, 0.3) is 11.3 Å². The number of aromatic nitrogens is 3. The maximum atomic E-state index is 5.46. The summed E-state index contributed by atoms with van der Waals surface area (Å²) in [5, 5.41) is 12.4. The monoisotopic (exact) mass is 367 g/mol. The van der Waals surface area contributed by atoms with Crippen molar-refractivity contribution in [3.05, 3.63) is 53.0 Å². The molecule has 0 bridgehead atoms. The molecule has 1 aliphatic heterocycles. The van der Waals surface area contributed by atoms with Gasteiger partial charge >= 0.3 is 0 Å². The van der Waals surface area contributed by atoms with Gasteiger partial charge in [-0.1, -0.05) is 41.7 Å². The fraction of sp³-hybridized carbons (Fsp3) is 0.316. The predicted molar refractivity (Wildman–Crippen MR) is 104 cm³/mol. The highest BCUT2D eigenvalue weighted by Gasteiger charge is 2.18. The Hall–Kier alpha value is -2.35. The third kappa shape index (κ3) is 4.07. The summed E-state index contributed by atoms with van der Waals surface area (Å²) in [4.78, 5) is 8.51. The van der Waals surface area contributed by atoms with Gasteiger partial charge in [0.2, 0.25) is 0 Å². The molecule has 0 amide bonds. The first-order valence-corrected chi connectivity index (χ1v) is 9.52. The molecule has 0 aliphatic carbocycles. The van der Waals surface area contributed by atoms with Crippen molar-refractivity contribution in [3.63, 3.8) is 0 Å². The standard InChI is InChI=1S/C19H21N5OS/c1-14-7-8-17(23-22-14)20-19-21-18(15-5-3-2-4-6-15)16(26-19)13-24-9-11-25-12-10-24/h2-8H,9-13H2,1H3,(H,20,21,23). The number of hydrogen-bond donors (Lipinski definition) is 1. The van der Waals surface area contributed by atoms with E-state index in [9.17, 15) is 0 Å². The second-order valence-electron chi connectivity index (χ2n) is 6.23. The molecule has 1 N–H and O–H groups in total. The van der Waals surface area contributed by atoms with E-state index < -0.39 is 0 Å². The lowest BCUT2D eigenvalue weighted by Crippen LogP contribution is -2.35. The summed E-state index contributed by atoms with van der Waals surface area (Å²) in [6.07, 6.45) is 0. The Bertz CT molecular complexity index is 844. The Morgan fingerprint density at radius 3 is 2.62 bits per heavy atom. The summed E-state index contributed by atoms with van der Waals surface area (Å²) >= 11 is 1.67. The minimum atomic E-state index is 0.710. The van der Waals surface area contributed by atoms with Gasteiger partial charge in [0.05, 0.1) is 24.6 Å². The van der Waals surface area contributed by atoms with Crippen molar-refractivity contribution in [2.24, 2.45) is 0 Å². The first-order valence-electron chi connectivity index (χ1n) is 8.70. The fourth-order valence-corrected chi connectivity index (χ4v) is 3.90. The average Bonchev–Trinajstić information content (AvgIpc) is 3.07. The number of aryl methyl sites for hydroxylation is 1. The molecular weight excluding hydrogens is 346 g/mol. The van der Waals surface area contributed by atoms with Gasteiger partial charge in [0, 0.05) is 30.1 Å². The van der Waals surface area contributed by atoms with E-state index in [-0.39, 0.29) is 0 Å². The first-order chi connectivity index (χ1) is 12.8. The lowest BCUT2D eigenvalue weighted by atomic mass is 10.1. The largest absolute Gasteiger partial charge is 0.379 e. The van der Waals surface area contributed by atoms with Gasteiger partial charge in [-0.3, -0.25) is 4.90 Å². The summed E-state index contributed by atoms with van der Waals surface area (Å²) in [5.41, 5.74) is 3.06. The molecule has 1 aromatic carbocycles. The molecule has 2 aromatic heterocycles. The number of benzene rings is 1. The van der Waals surface area contributed by atoms with Crippen LogP contribution in [0, 0.1) is 6.92 Å². The lowest BCUT2D eigenvalue weighted by Gasteiger charge is -2.26. The topological polar surface area (TPSA) is 63.2 Å². The van der Waals surface area contributed by atoms with Crippen LogP contribution in [0.2, 0.25) is 0 Å². The average molecular weight is 367 g/mol. The zero-order chi connectivity index (χ0) is 17.8. The van der Waals surface area contributed by atoms with Gasteiger partial charge in [0.1, 0.15) is 0 Å². The van der Waals surface area contributed by atoms with Crippen molar-refractivity contribution in [1.29, 1.82) is 0 Å². The van der Waals surface area contributed by atoms with Crippen LogP contribution >= 0.6 is 11.3 Å². The van der Waals surface area contributed by atoms with Gasteiger partial charge in [0.15, 0.2) is 10.9 Å². The molecule has 1 fully saturated rings. The van der Waals surface area contributed by atoms with E-state index in [1.54, 1.807) is 11.3 Å². The van der Waals surface area contributed by atoms with Crippen LogP contribution in [-0.4, -0.2) is 46.4 Å². The molecule has 6 nitrogen and oxygen atoms in total. The third-order valence-corrected chi connectivity index (χ3v) is 5.20. The predicted octanol–water partition coefficient (Wildman–Crippen LogP) is 3.48. The zero-order valence-electron chi connectivity index (χ0n) is 14.7. The fourth-order valence-electron chi connectivity index (χ4n) is 2.87. The van der Waals surface area contributed by atoms with Crippen LogP contribution in [0.4, 0.5) is 10.9 Å². The van der Waals surface area contributed by atoms with Crippen LogP contribution in [-0.2, 0) is 11.3 Å². The normalized spacial score (nSPS) is 15.1. The molecule has 134 valence electrons. The Morgan fingerprint density at radius 1 is 1.08 bits per heavy atom. The first kappa shape index (κ1) is 17.1. The van der Waals surface area contributed by atoms with E-state index in [0.29, 0.717) is 5.82 Å². The quantitative estimate of drug-likeness (QED) is 0.745. The highest BCUT2D eigenvalue weighted by molar-refractivity contribution is 7.16. The number of ether oxygens (including phenoxy) is 1. The van der Waals surface area contributed by atoms with Gasteiger partial charge < -0.3 is 10.1 Å². The zero-order valence-corrected chi connectivity index (χ0v) is 15.5. The van der Waals surface area contributed by atoms with Crippen molar-refractivity contribution in [3.8, 4) is 11.3 Å². The van der Waals surface area contributed by atoms with Crippen LogP contribution in [0.15, 0.2) is 42.5 Å². The third-order valence-electron chi connectivity index (χ3n) is 4.25. The SMILES string of the molecule is Cc1ccc(Nc2nc(-c3ccccc3)c(CN3CCOCC3)s2)nn1. The smallest absolute Gasteiger partial charge is 0.189 e. The molecule has 0 radical (unpaired) electrons. The van der Waals surface area contributed by atoms with Crippen molar-refractivity contribution < 1.29 is 4.74 Å². The minimum absolute atomic E-state index is 0.710. The van der Waals surface area contributed by atoms with Gasteiger partial charge in [0.25, 0.3) is 0 Å². The number of rotatable bonds is 5. The lowest BCUT2D eigenvalue weighted by molar-refractivity contribution is 0.0347. The Balaban J connectivity index is 1.61.